The number of hydrogen-bond donors (Lipinski definition) is 3. The number of nitrogens with one attached hydrogen (secondary N) is 2. The molecule has 1 aromatic carbocycles. The molecular weight excluding hydrogens is 364 g/mol. The van der Waals surface area contributed by atoms with Gasteiger partial charge >= 0.3 is 0 Å². The van der Waals surface area contributed by atoms with Gasteiger partial charge in [-0.2, -0.15) is 0 Å². The van der Waals surface area contributed by atoms with Crippen LogP contribution in [0, 0.1) is 10.1 Å². The molecule has 3 N–H and O–H groups in total. The first kappa shape index (κ1) is 19.2. The lowest BCUT2D eigenvalue weighted by Gasteiger charge is -2.14. The van der Waals surface area contributed by atoms with Crippen molar-refractivity contribution in [1.29, 1.82) is 0 Å². The second kappa shape index (κ2) is 9.36. The van der Waals surface area contributed by atoms with E-state index >= 15 is 0 Å². The molecule has 0 radical (unpaired) electrons. The summed E-state index contributed by atoms with van der Waals surface area (Å²) in [5, 5.41) is 27.1. The SMILES string of the molecule is CCNC(=NCc1cccc([N+](=O)[O-])c1)NCC(O)c1ccc(Cl)s1. The van der Waals surface area contributed by atoms with Crippen LogP contribution in [0.4, 0.5) is 5.69 Å². The van der Waals surface area contributed by atoms with Crippen molar-refractivity contribution in [2.24, 2.45) is 4.99 Å². The molecule has 9 heteroatoms. The van der Waals surface area contributed by atoms with Crippen LogP contribution in [-0.2, 0) is 6.54 Å². The van der Waals surface area contributed by atoms with Crippen LogP contribution >= 0.6 is 22.9 Å². The van der Waals surface area contributed by atoms with Crippen molar-refractivity contribution < 1.29 is 10.0 Å². The summed E-state index contributed by atoms with van der Waals surface area (Å²) in [5.41, 5.74) is 0.771. The van der Waals surface area contributed by atoms with E-state index < -0.39 is 11.0 Å². The highest BCUT2D eigenvalue weighted by molar-refractivity contribution is 7.16. The van der Waals surface area contributed by atoms with E-state index in [9.17, 15) is 15.2 Å². The molecule has 0 amide bonds. The Hall–Kier alpha value is -2.16. The van der Waals surface area contributed by atoms with Gasteiger partial charge in [0.25, 0.3) is 5.69 Å². The lowest BCUT2D eigenvalue weighted by molar-refractivity contribution is -0.384. The fraction of sp³-hybridized carbons (Fsp3) is 0.312. The number of benzene rings is 1. The minimum Gasteiger partial charge on any atom is -0.386 e. The lowest BCUT2D eigenvalue weighted by Crippen LogP contribution is -2.39. The van der Waals surface area contributed by atoms with Crippen molar-refractivity contribution in [1.82, 2.24) is 10.6 Å². The highest BCUT2D eigenvalue weighted by Gasteiger charge is 2.11. The maximum Gasteiger partial charge on any atom is 0.269 e. The van der Waals surface area contributed by atoms with Gasteiger partial charge in [-0.15, -0.1) is 11.3 Å². The van der Waals surface area contributed by atoms with Crippen molar-refractivity contribution >= 4 is 34.6 Å². The van der Waals surface area contributed by atoms with Gasteiger partial charge in [0, 0.05) is 30.1 Å². The average Bonchev–Trinajstić information content (AvgIpc) is 3.04. The van der Waals surface area contributed by atoms with Gasteiger partial charge in [0.1, 0.15) is 6.10 Å². The summed E-state index contributed by atoms with van der Waals surface area (Å²) in [7, 11) is 0. The van der Waals surface area contributed by atoms with E-state index in [1.165, 1.54) is 23.5 Å². The summed E-state index contributed by atoms with van der Waals surface area (Å²) in [4.78, 5) is 15.5. The van der Waals surface area contributed by atoms with E-state index in [1.807, 2.05) is 6.92 Å². The van der Waals surface area contributed by atoms with Crippen molar-refractivity contribution in [3.05, 3.63) is 61.3 Å². The minimum atomic E-state index is -0.695. The summed E-state index contributed by atoms with van der Waals surface area (Å²) in [6, 6.07) is 9.88. The van der Waals surface area contributed by atoms with Crippen molar-refractivity contribution in [3.63, 3.8) is 0 Å². The summed E-state index contributed by atoms with van der Waals surface area (Å²) in [5.74, 6) is 0.524. The lowest BCUT2D eigenvalue weighted by atomic mass is 10.2. The number of nitro benzene ring substituents is 1. The zero-order valence-corrected chi connectivity index (χ0v) is 15.2. The number of guanidine groups is 1. The number of rotatable bonds is 7. The van der Waals surface area contributed by atoms with E-state index in [4.69, 9.17) is 11.6 Å². The molecule has 2 rings (SSSR count). The van der Waals surface area contributed by atoms with E-state index in [0.717, 1.165) is 10.4 Å². The quantitative estimate of drug-likeness (QED) is 0.296. The summed E-state index contributed by atoms with van der Waals surface area (Å²) >= 11 is 7.20. The Kier molecular flexibility index (Phi) is 7.17. The zero-order valence-electron chi connectivity index (χ0n) is 13.6. The Labute approximate surface area is 154 Å². The minimum absolute atomic E-state index is 0.0376. The smallest absolute Gasteiger partial charge is 0.269 e. The van der Waals surface area contributed by atoms with Crippen LogP contribution in [0.5, 0.6) is 0 Å². The van der Waals surface area contributed by atoms with Crippen LogP contribution in [0.2, 0.25) is 4.34 Å². The molecule has 0 aliphatic carbocycles. The van der Waals surface area contributed by atoms with Gasteiger partial charge < -0.3 is 15.7 Å². The number of nitro groups is 1. The van der Waals surface area contributed by atoms with Gasteiger partial charge in [-0.3, -0.25) is 10.1 Å². The molecule has 1 heterocycles. The first-order valence-corrected chi connectivity index (χ1v) is 8.88. The third kappa shape index (κ3) is 6.00. The van der Waals surface area contributed by atoms with Crippen LogP contribution < -0.4 is 10.6 Å². The first-order chi connectivity index (χ1) is 12.0. The number of aliphatic imine (C=N–C) groups is 1. The predicted octanol–water partition coefficient (Wildman–Crippen LogP) is 3.10. The van der Waals surface area contributed by atoms with E-state index in [2.05, 4.69) is 15.6 Å². The summed E-state index contributed by atoms with van der Waals surface area (Å²) < 4.78 is 0.625. The van der Waals surface area contributed by atoms with Gasteiger partial charge in [-0.1, -0.05) is 23.7 Å². The van der Waals surface area contributed by atoms with Crippen LogP contribution in [0.1, 0.15) is 23.5 Å². The Morgan fingerprint density at radius 1 is 1.40 bits per heavy atom. The standard InChI is InChI=1S/C16H19ClN4O3S/c1-2-18-16(20-10-13(22)14-6-7-15(17)25-14)19-9-11-4-3-5-12(8-11)21(23)24/h3-8,13,22H,2,9-10H2,1H3,(H2,18,19,20). The molecule has 0 aliphatic rings. The molecule has 7 nitrogen and oxygen atoms in total. The number of aliphatic hydroxyl groups excluding tert-OH is 1. The summed E-state index contributed by atoms with van der Waals surface area (Å²) in [6.45, 7) is 3.15. The molecule has 0 saturated carbocycles. The van der Waals surface area contributed by atoms with Gasteiger partial charge in [-0.05, 0) is 24.6 Å². The molecule has 1 aromatic heterocycles. The highest BCUT2D eigenvalue weighted by Crippen LogP contribution is 2.26. The van der Waals surface area contributed by atoms with Crippen LogP contribution in [-0.4, -0.2) is 29.1 Å². The number of nitrogens with zero attached hydrogens (tertiary/aromatic N) is 2. The number of halogens is 1. The van der Waals surface area contributed by atoms with Crippen LogP contribution in [0.15, 0.2) is 41.4 Å². The Morgan fingerprint density at radius 3 is 2.84 bits per heavy atom. The number of hydrogen-bond acceptors (Lipinski definition) is 5. The third-order valence-electron chi connectivity index (χ3n) is 3.27. The van der Waals surface area contributed by atoms with Gasteiger partial charge in [0.05, 0.1) is 15.8 Å². The Balaban J connectivity index is 1.98. The topological polar surface area (TPSA) is 99.8 Å². The first-order valence-electron chi connectivity index (χ1n) is 7.68. The molecule has 0 saturated heterocycles. The molecule has 0 fully saturated rings. The third-order valence-corrected chi connectivity index (χ3v) is 4.60. The fourth-order valence-corrected chi connectivity index (χ4v) is 3.13. The molecule has 1 unspecified atom stereocenters. The molecule has 0 spiro atoms. The number of aliphatic hydroxyl groups is 1. The molecule has 0 bridgehead atoms. The molecule has 1 atom stereocenters. The zero-order chi connectivity index (χ0) is 18.2. The Morgan fingerprint density at radius 2 is 2.20 bits per heavy atom. The number of non-ortho nitro benzene ring substituents is 1. The average molecular weight is 383 g/mol. The normalized spacial score (nSPS) is 12.7. The van der Waals surface area contributed by atoms with Crippen molar-refractivity contribution in [2.75, 3.05) is 13.1 Å². The van der Waals surface area contributed by atoms with Gasteiger partial charge in [-0.25, -0.2) is 4.99 Å². The second-order valence-electron chi connectivity index (χ2n) is 5.16. The second-order valence-corrected chi connectivity index (χ2v) is 6.91. The van der Waals surface area contributed by atoms with Gasteiger partial charge in [0.2, 0.25) is 0 Å². The van der Waals surface area contributed by atoms with Gasteiger partial charge in [0.15, 0.2) is 5.96 Å². The van der Waals surface area contributed by atoms with E-state index in [0.29, 0.717) is 16.8 Å². The maximum atomic E-state index is 10.8. The highest BCUT2D eigenvalue weighted by atomic mass is 35.5. The molecular formula is C16H19ClN4O3S. The van der Waals surface area contributed by atoms with Crippen molar-refractivity contribution in [2.45, 2.75) is 19.6 Å². The molecule has 134 valence electrons. The monoisotopic (exact) mass is 382 g/mol. The maximum absolute atomic E-state index is 10.8. The largest absolute Gasteiger partial charge is 0.386 e. The number of thiophene rings is 1. The molecule has 2 aromatic rings. The Bertz CT molecular complexity index is 750. The predicted molar refractivity (Wildman–Crippen MR) is 100 cm³/mol. The van der Waals surface area contributed by atoms with E-state index in [-0.39, 0.29) is 18.8 Å². The fourth-order valence-electron chi connectivity index (χ4n) is 2.08. The van der Waals surface area contributed by atoms with Crippen molar-refractivity contribution in [3.8, 4) is 0 Å². The molecule has 0 aliphatic heterocycles. The van der Waals surface area contributed by atoms with E-state index in [1.54, 1.807) is 24.3 Å². The molecule has 25 heavy (non-hydrogen) atoms. The van der Waals surface area contributed by atoms with Crippen LogP contribution in [0.3, 0.4) is 0 Å². The summed E-state index contributed by atoms with van der Waals surface area (Å²) in [6.07, 6.45) is -0.695. The van der Waals surface area contributed by atoms with Crippen LogP contribution in [0.25, 0.3) is 0 Å².